The number of halogens is 1. The first-order valence-electron chi connectivity index (χ1n) is 8.13. The van der Waals surface area contributed by atoms with Gasteiger partial charge in [0, 0.05) is 37.7 Å². The highest BCUT2D eigenvalue weighted by Crippen LogP contribution is 2.16. The van der Waals surface area contributed by atoms with Gasteiger partial charge in [-0.1, -0.05) is 35.9 Å². The Morgan fingerprint density at radius 3 is 2.12 bits per heavy atom. The minimum Gasteiger partial charge on any atom is -0.478 e. The van der Waals surface area contributed by atoms with Crippen molar-refractivity contribution in [1.82, 2.24) is 9.80 Å². The van der Waals surface area contributed by atoms with Crippen LogP contribution in [-0.2, 0) is 6.54 Å². The molecule has 2 aromatic carbocycles. The summed E-state index contributed by atoms with van der Waals surface area (Å²) in [6.45, 7) is 3.48. The molecular formula is C19H19ClN2O3. The van der Waals surface area contributed by atoms with E-state index in [2.05, 4.69) is 4.90 Å². The van der Waals surface area contributed by atoms with Gasteiger partial charge in [-0.15, -0.1) is 0 Å². The van der Waals surface area contributed by atoms with Crippen molar-refractivity contribution in [3.05, 3.63) is 70.2 Å². The Labute approximate surface area is 151 Å². The van der Waals surface area contributed by atoms with Crippen molar-refractivity contribution >= 4 is 23.5 Å². The van der Waals surface area contributed by atoms with E-state index in [9.17, 15) is 14.7 Å². The van der Waals surface area contributed by atoms with Crippen LogP contribution in [0.15, 0.2) is 48.5 Å². The minimum atomic E-state index is -1.08. The van der Waals surface area contributed by atoms with Gasteiger partial charge in [0.1, 0.15) is 0 Å². The Bertz CT molecular complexity index is 768. The number of piperazine rings is 1. The maximum absolute atomic E-state index is 12.7. The van der Waals surface area contributed by atoms with Gasteiger partial charge in [-0.25, -0.2) is 4.79 Å². The van der Waals surface area contributed by atoms with Gasteiger partial charge < -0.3 is 10.0 Å². The summed E-state index contributed by atoms with van der Waals surface area (Å²) in [7, 11) is 0. The van der Waals surface area contributed by atoms with E-state index in [4.69, 9.17) is 11.6 Å². The van der Waals surface area contributed by atoms with Gasteiger partial charge in [0.2, 0.25) is 0 Å². The van der Waals surface area contributed by atoms with E-state index in [-0.39, 0.29) is 17.0 Å². The first-order valence-corrected chi connectivity index (χ1v) is 8.51. The largest absolute Gasteiger partial charge is 0.478 e. The number of carboxylic acid groups (broad SMARTS) is 1. The highest BCUT2D eigenvalue weighted by atomic mass is 35.5. The lowest BCUT2D eigenvalue weighted by atomic mass is 10.1. The fourth-order valence-electron chi connectivity index (χ4n) is 2.98. The molecule has 130 valence electrons. The highest BCUT2D eigenvalue weighted by molar-refractivity contribution is 6.30. The number of carboxylic acids is 1. The Hall–Kier alpha value is -2.37. The van der Waals surface area contributed by atoms with Crippen molar-refractivity contribution < 1.29 is 14.7 Å². The lowest BCUT2D eigenvalue weighted by Gasteiger charge is -2.35. The van der Waals surface area contributed by atoms with E-state index >= 15 is 0 Å². The number of benzene rings is 2. The number of hydrogen-bond donors (Lipinski definition) is 1. The zero-order chi connectivity index (χ0) is 17.8. The standard InChI is InChI=1S/C19H19ClN2O3/c20-15-7-5-14(6-8-15)13-21-9-11-22(12-10-21)18(23)16-3-1-2-4-17(16)19(24)25/h1-8H,9-13H2,(H,24,25). The molecule has 6 heteroatoms. The molecule has 0 radical (unpaired) electrons. The zero-order valence-electron chi connectivity index (χ0n) is 13.7. The number of hydrogen-bond acceptors (Lipinski definition) is 3. The van der Waals surface area contributed by atoms with E-state index in [1.54, 1.807) is 23.1 Å². The Kier molecular flexibility index (Phi) is 5.36. The van der Waals surface area contributed by atoms with Crippen LogP contribution in [0.25, 0.3) is 0 Å². The summed E-state index contributed by atoms with van der Waals surface area (Å²) in [4.78, 5) is 28.0. The van der Waals surface area contributed by atoms with Crippen molar-refractivity contribution in [3.63, 3.8) is 0 Å². The van der Waals surface area contributed by atoms with Crippen LogP contribution < -0.4 is 0 Å². The summed E-state index contributed by atoms with van der Waals surface area (Å²) >= 11 is 5.90. The predicted octanol–water partition coefficient (Wildman–Crippen LogP) is 3.00. The van der Waals surface area contributed by atoms with Crippen LogP contribution in [0.2, 0.25) is 5.02 Å². The van der Waals surface area contributed by atoms with Gasteiger partial charge in [-0.2, -0.15) is 0 Å². The number of amides is 1. The summed E-state index contributed by atoms with van der Waals surface area (Å²) in [5, 5.41) is 9.97. The van der Waals surface area contributed by atoms with E-state index in [1.165, 1.54) is 11.6 Å². The molecule has 1 heterocycles. The SMILES string of the molecule is O=C(O)c1ccccc1C(=O)N1CCN(Cc2ccc(Cl)cc2)CC1. The molecule has 0 saturated carbocycles. The van der Waals surface area contributed by atoms with Crippen LogP contribution in [0.1, 0.15) is 26.3 Å². The number of aromatic carboxylic acids is 1. The molecule has 5 nitrogen and oxygen atoms in total. The molecule has 3 rings (SSSR count). The van der Waals surface area contributed by atoms with Crippen LogP contribution in [0, 0.1) is 0 Å². The smallest absolute Gasteiger partial charge is 0.336 e. The number of rotatable bonds is 4. The number of nitrogens with zero attached hydrogens (tertiary/aromatic N) is 2. The Morgan fingerprint density at radius 1 is 0.920 bits per heavy atom. The van der Waals surface area contributed by atoms with Crippen molar-refractivity contribution in [2.75, 3.05) is 26.2 Å². The van der Waals surface area contributed by atoms with Crippen LogP contribution in [-0.4, -0.2) is 53.0 Å². The molecule has 0 bridgehead atoms. The van der Waals surface area contributed by atoms with Crippen molar-refractivity contribution in [2.45, 2.75) is 6.54 Å². The fourth-order valence-corrected chi connectivity index (χ4v) is 3.11. The van der Waals surface area contributed by atoms with E-state index in [1.807, 2.05) is 24.3 Å². The number of carbonyl (C=O) groups is 2. The average Bonchev–Trinajstić information content (AvgIpc) is 2.63. The molecule has 2 aromatic rings. The Morgan fingerprint density at radius 2 is 1.52 bits per heavy atom. The second-order valence-corrected chi connectivity index (χ2v) is 6.48. The third kappa shape index (κ3) is 4.18. The average molecular weight is 359 g/mol. The Balaban J connectivity index is 1.61. The fraction of sp³-hybridized carbons (Fsp3) is 0.263. The molecule has 1 saturated heterocycles. The molecule has 1 N–H and O–H groups in total. The molecule has 25 heavy (non-hydrogen) atoms. The predicted molar refractivity (Wildman–Crippen MR) is 96.0 cm³/mol. The van der Waals surface area contributed by atoms with Crippen LogP contribution >= 0.6 is 11.6 Å². The monoisotopic (exact) mass is 358 g/mol. The molecule has 1 amide bonds. The molecule has 0 aliphatic carbocycles. The molecule has 0 spiro atoms. The molecule has 1 aliphatic rings. The van der Waals surface area contributed by atoms with E-state index < -0.39 is 5.97 Å². The van der Waals surface area contributed by atoms with Crippen LogP contribution in [0.5, 0.6) is 0 Å². The topological polar surface area (TPSA) is 60.9 Å². The van der Waals surface area contributed by atoms with Gasteiger partial charge in [-0.05, 0) is 29.8 Å². The highest BCUT2D eigenvalue weighted by Gasteiger charge is 2.25. The normalized spacial score (nSPS) is 15.2. The maximum Gasteiger partial charge on any atom is 0.336 e. The molecular weight excluding hydrogens is 340 g/mol. The van der Waals surface area contributed by atoms with Gasteiger partial charge in [-0.3, -0.25) is 9.69 Å². The van der Waals surface area contributed by atoms with Crippen molar-refractivity contribution in [1.29, 1.82) is 0 Å². The summed E-state index contributed by atoms with van der Waals surface area (Å²) in [5.41, 5.74) is 1.48. The second kappa shape index (κ2) is 7.68. The first-order chi connectivity index (χ1) is 12.0. The van der Waals surface area contributed by atoms with E-state index in [0.29, 0.717) is 13.1 Å². The van der Waals surface area contributed by atoms with Crippen LogP contribution in [0.4, 0.5) is 0 Å². The molecule has 0 aromatic heterocycles. The van der Waals surface area contributed by atoms with Crippen molar-refractivity contribution in [3.8, 4) is 0 Å². The van der Waals surface area contributed by atoms with Gasteiger partial charge in [0.05, 0.1) is 11.1 Å². The molecule has 0 unspecified atom stereocenters. The summed E-state index contributed by atoms with van der Waals surface area (Å²) in [6, 6.07) is 14.1. The lowest BCUT2D eigenvalue weighted by Crippen LogP contribution is -2.48. The van der Waals surface area contributed by atoms with Gasteiger partial charge in [0.25, 0.3) is 5.91 Å². The third-order valence-corrected chi connectivity index (χ3v) is 4.62. The second-order valence-electron chi connectivity index (χ2n) is 6.05. The van der Waals surface area contributed by atoms with Crippen LogP contribution in [0.3, 0.4) is 0 Å². The number of carbonyl (C=O) groups excluding carboxylic acids is 1. The summed E-state index contributed by atoms with van der Waals surface area (Å²) in [6.07, 6.45) is 0. The maximum atomic E-state index is 12.7. The molecule has 1 fully saturated rings. The lowest BCUT2D eigenvalue weighted by molar-refractivity contribution is 0.0609. The van der Waals surface area contributed by atoms with E-state index in [0.717, 1.165) is 24.7 Å². The summed E-state index contributed by atoms with van der Waals surface area (Å²) in [5.74, 6) is -1.30. The molecule has 0 atom stereocenters. The first kappa shape index (κ1) is 17.5. The summed E-state index contributed by atoms with van der Waals surface area (Å²) < 4.78 is 0. The quantitative estimate of drug-likeness (QED) is 0.912. The zero-order valence-corrected chi connectivity index (χ0v) is 14.4. The molecule has 1 aliphatic heterocycles. The van der Waals surface area contributed by atoms with Crippen molar-refractivity contribution in [2.24, 2.45) is 0 Å². The minimum absolute atomic E-state index is 0.0519. The third-order valence-electron chi connectivity index (χ3n) is 4.37. The van der Waals surface area contributed by atoms with Gasteiger partial charge >= 0.3 is 5.97 Å². The van der Waals surface area contributed by atoms with Gasteiger partial charge in [0.15, 0.2) is 0 Å².